The van der Waals surface area contributed by atoms with Crippen LogP contribution >= 0.6 is 11.6 Å². The van der Waals surface area contributed by atoms with Crippen molar-refractivity contribution in [2.75, 3.05) is 20.8 Å². The fraction of sp³-hybridized carbons (Fsp3) is 0.400. The van der Waals surface area contributed by atoms with Crippen molar-refractivity contribution < 1.29 is 27.1 Å². The second kappa shape index (κ2) is 7.69. The summed E-state index contributed by atoms with van der Waals surface area (Å²) in [4.78, 5) is 29.2. The van der Waals surface area contributed by atoms with Crippen LogP contribution in [0.1, 0.15) is 5.69 Å². The molecule has 7 nitrogen and oxygen atoms in total. The number of ether oxygens (including phenoxy) is 1. The van der Waals surface area contributed by atoms with E-state index in [2.05, 4.69) is 9.99 Å². The number of hydrogen-bond donors (Lipinski definition) is 0. The third-order valence-electron chi connectivity index (χ3n) is 3.71. The van der Waals surface area contributed by atoms with Gasteiger partial charge in [0.25, 0.3) is 5.56 Å². The maximum Gasteiger partial charge on any atom is 0.431 e. The van der Waals surface area contributed by atoms with E-state index >= 15 is 0 Å². The van der Waals surface area contributed by atoms with E-state index in [0.717, 1.165) is 13.1 Å². The molecule has 1 atom stereocenters. The van der Waals surface area contributed by atoms with Gasteiger partial charge in [0.05, 0.1) is 12.3 Å². The van der Waals surface area contributed by atoms with E-state index in [1.807, 2.05) is 0 Å². The summed E-state index contributed by atoms with van der Waals surface area (Å²) in [7, 11) is 3.27. The molecule has 12 heteroatoms. The van der Waals surface area contributed by atoms with Crippen LogP contribution in [0.3, 0.4) is 0 Å². The van der Waals surface area contributed by atoms with Gasteiger partial charge in [-0.25, -0.2) is 13.8 Å². The minimum Gasteiger partial charge on any atom is -0.399 e. The number of allylic oxidation sites excluding steroid dienone is 3. The van der Waals surface area contributed by atoms with E-state index < -0.39 is 40.0 Å². The molecule has 0 aromatic carbocycles. The molecule has 1 aliphatic carbocycles. The third-order valence-corrected chi connectivity index (χ3v) is 4.19. The first kappa shape index (κ1) is 20.9. The Bertz CT molecular complexity index is 959. The summed E-state index contributed by atoms with van der Waals surface area (Å²) in [5.41, 5.74) is -5.06. The maximum atomic E-state index is 14.9. The average molecular weight is 412 g/mol. The molecule has 0 aliphatic heterocycles. The minimum atomic E-state index is -4.94. The van der Waals surface area contributed by atoms with Crippen LogP contribution in [0.4, 0.5) is 17.6 Å². The lowest BCUT2D eigenvalue weighted by molar-refractivity contribution is -0.144. The predicted molar refractivity (Wildman–Crippen MR) is 89.3 cm³/mol. The highest BCUT2D eigenvalue weighted by atomic mass is 35.5. The van der Waals surface area contributed by atoms with E-state index in [-0.39, 0.29) is 33.1 Å². The molecule has 148 valence electrons. The van der Waals surface area contributed by atoms with Gasteiger partial charge < -0.3 is 9.57 Å². The summed E-state index contributed by atoms with van der Waals surface area (Å²) in [5, 5.41) is 2.47. The first-order valence-corrected chi connectivity index (χ1v) is 7.73. The Morgan fingerprint density at radius 2 is 1.93 bits per heavy atom. The highest BCUT2D eigenvalue weighted by Gasteiger charge is 2.36. The van der Waals surface area contributed by atoms with Gasteiger partial charge in [0.2, 0.25) is 0 Å². The molecule has 1 aromatic rings. The number of rotatable bonds is 4. The molecule has 0 amide bonds. The molecule has 0 saturated carbocycles. The lowest BCUT2D eigenvalue weighted by Gasteiger charge is -2.23. The number of aromatic nitrogens is 2. The fourth-order valence-electron chi connectivity index (χ4n) is 2.48. The molecular weight excluding hydrogens is 398 g/mol. The lowest BCUT2D eigenvalue weighted by Crippen LogP contribution is -2.42. The zero-order chi connectivity index (χ0) is 20.5. The minimum absolute atomic E-state index is 0.0588. The van der Waals surface area contributed by atoms with E-state index in [1.54, 1.807) is 0 Å². The number of methoxy groups -OCH3 is 1. The van der Waals surface area contributed by atoms with Crippen molar-refractivity contribution in [3.63, 3.8) is 0 Å². The van der Waals surface area contributed by atoms with E-state index in [4.69, 9.17) is 16.3 Å². The second-order valence-electron chi connectivity index (χ2n) is 5.41. The summed E-state index contributed by atoms with van der Waals surface area (Å²) >= 11 is 6.10. The van der Waals surface area contributed by atoms with Crippen molar-refractivity contribution in [3.8, 4) is 0 Å². The van der Waals surface area contributed by atoms with Gasteiger partial charge in [-0.05, 0) is 6.08 Å². The van der Waals surface area contributed by atoms with Crippen molar-refractivity contribution in [2.24, 2.45) is 12.2 Å². The zero-order valence-electron chi connectivity index (χ0n) is 14.3. The predicted octanol–water partition coefficient (Wildman–Crippen LogP) is 1.90. The van der Waals surface area contributed by atoms with Crippen LogP contribution in [-0.2, 0) is 22.8 Å². The van der Waals surface area contributed by atoms with Crippen molar-refractivity contribution in [3.05, 3.63) is 50.1 Å². The van der Waals surface area contributed by atoms with Gasteiger partial charge in [0.1, 0.15) is 23.9 Å². The molecule has 1 aliphatic rings. The Kier molecular flexibility index (Phi) is 5.95. The van der Waals surface area contributed by atoms with E-state index in [0.29, 0.717) is 0 Å². The first-order chi connectivity index (χ1) is 12.5. The maximum absolute atomic E-state index is 14.9. The smallest absolute Gasteiger partial charge is 0.399 e. The molecule has 0 spiro atoms. The highest BCUT2D eigenvalue weighted by molar-refractivity contribution is 6.37. The van der Waals surface area contributed by atoms with Crippen molar-refractivity contribution in [1.29, 1.82) is 0 Å². The Morgan fingerprint density at radius 1 is 1.30 bits per heavy atom. The number of hydrogen-bond acceptors (Lipinski definition) is 5. The zero-order valence-corrected chi connectivity index (χ0v) is 15.1. The Hall–Kier alpha value is -2.40. The molecule has 1 heterocycles. The largest absolute Gasteiger partial charge is 0.431 e. The van der Waals surface area contributed by atoms with E-state index in [1.165, 1.54) is 14.2 Å². The normalized spacial score (nSPS) is 19.5. The Labute approximate surface area is 154 Å². The van der Waals surface area contributed by atoms with Crippen LogP contribution < -0.4 is 11.2 Å². The SMILES string of the molecule is COCC1=C(F)C(n2c(=O)cc(C(F)(F)F)n(C)c2=O)=CC(=NOC)C1Cl. The Balaban J connectivity index is 2.81. The second-order valence-corrected chi connectivity index (χ2v) is 5.84. The van der Waals surface area contributed by atoms with Gasteiger partial charge in [-0.1, -0.05) is 5.16 Å². The number of halogens is 5. The van der Waals surface area contributed by atoms with Crippen LogP contribution in [-0.4, -0.2) is 41.0 Å². The molecule has 0 radical (unpaired) electrons. The summed E-state index contributed by atoms with van der Waals surface area (Å²) in [6, 6.07) is 0.200. The highest BCUT2D eigenvalue weighted by Crippen LogP contribution is 2.31. The van der Waals surface area contributed by atoms with Crippen LogP contribution in [0.15, 0.2) is 38.3 Å². The first-order valence-electron chi connectivity index (χ1n) is 7.29. The van der Waals surface area contributed by atoms with Crippen LogP contribution in [0.25, 0.3) is 5.70 Å². The van der Waals surface area contributed by atoms with Gasteiger partial charge in [-0.15, -0.1) is 11.6 Å². The van der Waals surface area contributed by atoms with Crippen LogP contribution in [0.2, 0.25) is 0 Å². The summed E-state index contributed by atoms with van der Waals surface area (Å²) in [6.45, 7) is -0.310. The standard InChI is InChI=1S/C15H14ClF4N3O4/c1-22-10(15(18,19)20)5-11(24)23(14(22)25)9-4-8(21-27-3)12(16)7(6-26-2)13(9)17/h4-5,12H,6H2,1-3H3. The molecule has 1 unspecified atom stereocenters. The van der Waals surface area contributed by atoms with Gasteiger partial charge in [0.15, 0.2) is 5.83 Å². The van der Waals surface area contributed by atoms with Crippen molar-refractivity contribution >= 4 is 23.0 Å². The van der Waals surface area contributed by atoms with Gasteiger partial charge in [-0.3, -0.25) is 9.36 Å². The number of nitrogens with zero attached hydrogens (tertiary/aromatic N) is 3. The summed E-state index contributed by atoms with van der Waals surface area (Å²) < 4.78 is 59.1. The topological polar surface area (TPSA) is 74.8 Å². The molecule has 0 N–H and O–H groups in total. The van der Waals surface area contributed by atoms with Crippen LogP contribution in [0.5, 0.6) is 0 Å². The average Bonchev–Trinajstić information content (AvgIpc) is 2.58. The molecule has 0 saturated heterocycles. The Morgan fingerprint density at radius 3 is 2.44 bits per heavy atom. The molecule has 0 bridgehead atoms. The van der Waals surface area contributed by atoms with Crippen molar-refractivity contribution in [1.82, 2.24) is 9.13 Å². The third kappa shape index (κ3) is 3.83. The van der Waals surface area contributed by atoms with E-state index in [9.17, 15) is 27.2 Å². The lowest BCUT2D eigenvalue weighted by atomic mass is 10.00. The van der Waals surface area contributed by atoms with Gasteiger partial charge in [-0.2, -0.15) is 13.2 Å². The fourth-order valence-corrected chi connectivity index (χ4v) is 2.74. The van der Waals surface area contributed by atoms with Gasteiger partial charge in [0, 0.05) is 25.8 Å². The molecule has 1 aromatic heterocycles. The molecule has 0 fully saturated rings. The van der Waals surface area contributed by atoms with Crippen molar-refractivity contribution in [2.45, 2.75) is 11.6 Å². The van der Waals surface area contributed by atoms with Gasteiger partial charge >= 0.3 is 11.9 Å². The number of oxime groups is 1. The number of alkyl halides is 4. The molecule has 27 heavy (non-hydrogen) atoms. The molecular formula is C15H14ClF4N3O4. The monoisotopic (exact) mass is 411 g/mol. The summed E-state index contributed by atoms with van der Waals surface area (Å²) in [5.74, 6) is -1.08. The quantitative estimate of drug-likeness (QED) is 0.431. The summed E-state index contributed by atoms with van der Waals surface area (Å²) in [6.07, 6.45) is -3.99. The molecule has 2 rings (SSSR count). The van der Waals surface area contributed by atoms with Crippen LogP contribution in [0, 0.1) is 0 Å².